The molecule has 5 nitrogen and oxygen atoms in total. The Hall–Kier alpha value is -2.66. The minimum absolute atomic E-state index is 0.0493. The maximum atomic E-state index is 5.82. The van der Waals surface area contributed by atoms with E-state index in [0.717, 1.165) is 17.1 Å². The van der Waals surface area contributed by atoms with Crippen molar-refractivity contribution in [1.29, 1.82) is 0 Å². The first-order valence-electron chi connectivity index (χ1n) is 7.43. The Morgan fingerprint density at radius 3 is 2.61 bits per heavy atom. The summed E-state index contributed by atoms with van der Waals surface area (Å²) in [5.74, 6) is 2.61. The molecule has 0 N–H and O–H groups in total. The number of hydrogen-bond donors (Lipinski definition) is 0. The van der Waals surface area contributed by atoms with Crippen LogP contribution in [0.4, 0.5) is 0 Å². The Labute approximate surface area is 134 Å². The van der Waals surface area contributed by atoms with Crippen LogP contribution in [0.5, 0.6) is 11.5 Å². The van der Waals surface area contributed by atoms with E-state index in [4.69, 9.17) is 14.0 Å². The van der Waals surface area contributed by atoms with E-state index in [1.54, 1.807) is 7.11 Å². The highest BCUT2D eigenvalue weighted by Crippen LogP contribution is 2.26. The predicted molar refractivity (Wildman–Crippen MR) is 86.4 cm³/mol. The topological polar surface area (TPSA) is 57.4 Å². The summed E-state index contributed by atoms with van der Waals surface area (Å²) < 4.78 is 16.4. The van der Waals surface area contributed by atoms with Crippen molar-refractivity contribution in [2.24, 2.45) is 0 Å². The first-order valence-corrected chi connectivity index (χ1v) is 7.43. The standard InChI is InChI=1S/C18H18N2O3/c1-13(21-2)11-17-19-18(23-20-17)14-7-6-10-16(12-14)22-15-8-4-3-5-9-15/h3-10,12-13H,11H2,1-2H3. The van der Waals surface area contributed by atoms with Gasteiger partial charge in [0.25, 0.3) is 5.89 Å². The van der Waals surface area contributed by atoms with Gasteiger partial charge in [0.05, 0.1) is 6.10 Å². The van der Waals surface area contributed by atoms with Crippen molar-refractivity contribution in [3.05, 3.63) is 60.4 Å². The molecule has 1 unspecified atom stereocenters. The summed E-state index contributed by atoms with van der Waals surface area (Å²) in [4.78, 5) is 4.40. The Morgan fingerprint density at radius 1 is 1.04 bits per heavy atom. The molecule has 0 saturated carbocycles. The molecule has 0 spiro atoms. The zero-order valence-corrected chi connectivity index (χ0v) is 13.1. The highest BCUT2D eigenvalue weighted by Gasteiger charge is 2.12. The summed E-state index contributed by atoms with van der Waals surface area (Å²) in [5, 5.41) is 3.99. The Balaban J connectivity index is 1.77. The van der Waals surface area contributed by atoms with E-state index in [2.05, 4.69) is 10.1 Å². The fourth-order valence-corrected chi connectivity index (χ4v) is 2.11. The first kappa shape index (κ1) is 15.2. The van der Waals surface area contributed by atoms with E-state index in [1.165, 1.54) is 0 Å². The number of benzene rings is 2. The van der Waals surface area contributed by atoms with Gasteiger partial charge in [-0.2, -0.15) is 4.98 Å². The predicted octanol–water partition coefficient (Wildman–Crippen LogP) is 4.11. The molecule has 1 aromatic heterocycles. The van der Waals surface area contributed by atoms with Crippen molar-refractivity contribution in [2.75, 3.05) is 7.11 Å². The summed E-state index contributed by atoms with van der Waals surface area (Å²) in [6.45, 7) is 1.96. The van der Waals surface area contributed by atoms with Crippen LogP contribution >= 0.6 is 0 Å². The Kier molecular flexibility index (Phi) is 4.68. The third-order valence-electron chi connectivity index (χ3n) is 3.40. The van der Waals surface area contributed by atoms with Crippen molar-refractivity contribution in [3.63, 3.8) is 0 Å². The van der Waals surface area contributed by atoms with E-state index < -0.39 is 0 Å². The fourth-order valence-electron chi connectivity index (χ4n) is 2.11. The number of ether oxygens (including phenoxy) is 2. The van der Waals surface area contributed by atoms with E-state index >= 15 is 0 Å². The van der Waals surface area contributed by atoms with Gasteiger partial charge in [-0.1, -0.05) is 29.4 Å². The normalized spacial score (nSPS) is 12.1. The third kappa shape index (κ3) is 3.96. The summed E-state index contributed by atoms with van der Waals surface area (Å²) in [6.07, 6.45) is 0.661. The third-order valence-corrected chi connectivity index (χ3v) is 3.40. The molecule has 118 valence electrons. The van der Waals surface area contributed by atoms with Gasteiger partial charge in [-0.15, -0.1) is 0 Å². The SMILES string of the molecule is COC(C)Cc1noc(-c2cccc(Oc3ccccc3)c2)n1. The van der Waals surface area contributed by atoms with Gasteiger partial charge in [-0.05, 0) is 37.3 Å². The minimum atomic E-state index is 0.0493. The van der Waals surface area contributed by atoms with Crippen LogP contribution in [-0.4, -0.2) is 23.4 Å². The number of methoxy groups -OCH3 is 1. The van der Waals surface area contributed by atoms with Gasteiger partial charge in [0.15, 0.2) is 5.82 Å². The number of aromatic nitrogens is 2. The lowest BCUT2D eigenvalue weighted by atomic mass is 10.2. The summed E-state index contributed by atoms with van der Waals surface area (Å²) in [5.41, 5.74) is 0.822. The molecule has 23 heavy (non-hydrogen) atoms. The quantitative estimate of drug-likeness (QED) is 0.686. The molecule has 0 amide bonds. The maximum absolute atomic E-state index is 5.82. The fraction of sp³-hybridized carbons (Fsp3) is 0.222. The van der Waals surface area contributed by atoms with Crippen LogP contribution < -0.4 is 4.74 Å². The van der Waals surface area contributed by atoms with Gasteiger partial charge in [0.2, 0.25) is 0 Å². The molecule has 0 aliphatic carbocycles. The second-order valence-electron chi connectivity index (χ2n) is 5.21. The molecule has 0 aliphatic rings. The zero-order valence-electron chi connectivity index (χ0n) is 13.1. The van der Waals surface area contributed by atoms with E-state index in [1.807, 2.05) is 61.5 Å². The minimum Gasteiger partial charge on any atom is -0.457 e. The van der Waals surface area contributed by atoms with Gasteiger partial charge in [-0.25, -0.2) is 0 Å². The second kappa shape index (κ2) is 7.07. The van der Waals surface area contributed by atoms with Crippen LogP contribution in [-0.2, 0) is 11.2 Å². The van der Waals surface area contributed by atoms with Crippen LogP contribution in [0.1, 0.15) is 12.7 Å². The largest absolute Gasteiger partial charge is 0.457 e. The molecule has 2 aromatic carbocycles. The van der Waals surface area contributed by atoms with E-state index in [9.17, 15) is 0 Å². The van der Waals surface area contributed by atoms with Crippen molar-refractivity contribution in [2.45, 2.75) is 19.4 Å². The molecular formula is C18H18N2O3. The lowest BCUT2D eigenvalue weighted by Crippen LogP contribution is -2.09. The summed E-state index contributed by atoms with van der Waals surface area (Å²) in [7, 11) is 1.66. The molecule has 1 atom stereocenters. The van der Waals surface area contributed by atoms with Crippen molar-refractivity contribution in [3.8, 4) is 23.0 Å². The first-order chi connectivity index (χ1) is 11.2. The average molecular weight is 310 g/mol. The number of hydrogen-bond acceptors (Lipinski definition) is 5. The van der Waals surface area contributed by atoms with E-state index in [-0.39, 0.29) is 6.10 Å². The summed E-state index contributed by atoms with van der Waals surface area (Å²) >= 11 is 0. The average Bonchev–Trinajstić information content (AvgIpc) is 3.04. The monoisotopic (exact) mass is 310 g/mol. The van der Waals surface area contributed by atoms with Crippen LogP contribution in [0, 0.1) is 0 Å². The molecule has 5 heteroatoms. The van der Waals surface area contributed by atoms with Crippen LogP contribution in [0.15, 0.2) is 59.1 Å². The lowest BCUT2D eigenvalue weighted by Gasteiger charge is -2.06. The van der Waals surface area contributed by atoms with Gasteiger partial charge in [0.1, 0.15) is 11.5 Å². The van der Waals surface area contributed by atoms with Gasteiger partial charge in [-0.3, -0.25) is 0 Å². The Bertz CT molecular complexity index is 756. The second-order valence-corrected chi connectivity index (χ2v) is 5.21. The molecule has 3 aromatic rings. The molecule has 1 heterocycles. The van der Waals surface area contributed by atoms with Gasteiger partial charge in [0, 0.05) is 19.1 Å². The highest BCUT2D eigenvalue weighted by molar-refractivity contribution is 5.56. The van der Waals surface area contributed by atoms with Crippen molar-refractivity contribution < 1.29 is 14.0 Å². The molecular weight excluding hydrogens is 292 g/mol. The summed E-state index contributed by atoms with van der Waals surface area (Å²) in [6, 6.07) is 17.2. The smallest absolute Gasteiger partial charge is 0.258 e. The zero-order chi connectivity index (χ0) is 16.1. The maximum Gasteiger partial charge on any atom is 0.258 e. The molecule has 0 saturated heterocycles. The van der Waals surface area contributed by atoms with E-state index in [0.29, 0.717) is 18.1 Å². The van der Waals surface area contributed by atoms with Crippen molar-refractivity contribution >= 4 is 0 Å². The lowest BCUT2D eigenvalue weighted by molar-refractivity contribution is 0.116. The van der Waals surface area contributed by atoms with Crippen molar-refractivity contribution in [1.82, 2.24) is 10.1 Å². The Morgan fingerprint density at radius 2 is 1.83 bits per heavy atom. The highest BCUT2D eigenvalue weighted by atomic mass is 16.5. The van der Waals surface area contributed by atoms with Gasteiger partial charge < -0.3 is 14.0 Å². The van der Waals surface area contributed by atoms with Crippen LogP contribution in [0.2, 0.25) is 0 Å². The van der Waals surface area contributed by atoms with Crippen LogP contribution in [0.3, 0.4) is 0 Å². The van der Waals surface area contributed by atoms with Crippen LogP contribution in [0.25, 0.3) is 11.5 Å². The number of nitrogens with zero attached hydrogens (tertiary/aromatic N) is 2. The molecule has 3 rings (SSSR count). The van der Waals surface area contributed by atoms with Gasteiger partial charge >= 0.3 is 0 Å². The molecule has 0 radical (unpaired) electrons. The molecule has 0 aliphatic heterocycles. The molecule has 0 bridgehead atoms. The number of rotatable bonds is 6. The number of para-hydroxylation sites is 1. The molecule has 0 fully saturated rings.